The van der Waals surface area contributed by atoms with Crippen LogP contribution in [0.1, 0.15) is 23.2 Å². The minimum atomic E-state index is -0.704. The molecule has 98 valence electrons. The molecule has 7 heteroatoms. The number of hydrogen-bond donors (Lipinski definition) is 3. The second-order valence-corrected chi connectivity index (χ2v) is 5.98. The number of carbonyl (C=O) groups excluding carboxylic acids is 1. The van der Waals surface area contributed by atoms with E-state index in [1.165, 1.54) is 12.3 Å². The summed E-state index contributed by atoms with van der Waals surface area (Å²) < 4.78 is 11.3. The fourth-order valence-corrected chi connectivity index (χ4v) is 3.25. The summed E-state index contributed by atoms with van der Waals surface area (Å²) in [5.74, 6) is 1.10. The normalized spacial score (nSPS) is 23.6. The van der Waals surface area contributed by atoms with E-state index in [2.05, 4.69) is 10.3 Å². The number of hydrogen-bond acceptors (Lipinski definition) is 5. The summed E-state index contributed by atoms with van der Waals surface area (Å²) in [4.78, 5) is 15.3. The number of carbonyl (C=O) groups is 1. The number of aromatic nitrogens is 1. The molecular weight excluding hydrogens is 252 g/mol. The highest BCUT2D eigenvalue weighted by Gasteiger charge is 2.19. The average molecular weight is 268 g/mol. The van der Waals surface area contributed by atoms with Crippen LogP contribution in [0.2, 0.25) is 0 Å². The molecule has 0 aliphatic carbocycles. The number of rotatable bonds is 3. The first-order valence-electron chi connectivity index (χ1n) is 5.73. The molecule has 1 saturated heterocycles. The van der Waals surface area contributed by atoms with Crippen molar-refractivity contribution < 1.29 is 9.00 Å². The van der Waals surface area contributed by atoms with Crippen LogP contribution in [0.5, 0.6) is 0 Å². The number of nitrogen functional groups attached to an aromatic ring is 1. The smallest absolute Gasteiger partial charge is 0.250 e. The van der Waals surface area contributed by atoms with Gasteiger partial charge in [-0.25, -0.2) is 4.98 Å². The summed E-state index contributed by atoms with van der Waals surface area (Å²) >= 11 is 0. The lowest BCUT2D eigenvalue weighted by atomic mass is 10.1. The SMILES string of the molecule is NC(=O)c1cc(N)ncc1NC1CCS(=O)CC1. The average Bonchev–Trinajstić information content (AvgIpc) is 2.34. The Morgan fingerprint density at radius 3 is 2.72 bits per heavy atom. The molecule has 1 aromatic rings. The maximum absolute atomic E-state index is 11.3. The Bertz CT molecular complexity index is 482. The summed E-state index contributed by atoms with van der Waals surface area (Å²) in [6.45, 7) is 0. The van der Waals surface area contributed by atoms with Gasteiger partial charge in [0.25, 0.3) is 5.91 Å². The minimum absolute atomic E-state index is 0.200. The van der Waals surface area contributed by atoms with Crippen LogP contribution in [-0.2, 0) is 10.8 Å². The molecule has 2 heterocycles. The summed E-state index contributed by atoms with van der Waals surface area (Å²) in [6.07, 6.45) is 3.14. The molecule has 0 atom stereocenters. The Morgan fingerprint density at radius 1 is 1.44 bits per heavy atom. The molecule has 2 rings (SSSR count). The van der Waals surface area contributed by atoms with Gasteiger partial charge in [0, 0.05) is 28.3 Å². The van der Waals surface area contributed by atoms with E-state index < -0.39 is 16.7 Å². The Labute approximate surface area is 108 Å². The Morgan fingerprint density at radius 2 is 2.11 bits per heavy atom. The van der Waals surface area contributed by atoms with Gasteiger partial charge in [-0.05, 0) is 18.9 Å². The molecule has 0 unspecified atom stereocenters. The lowest BCUT2D eigenvalue weighted by Crippen LogP contribution is -2.30. The molecule has 6 nitrogen and oxygen atoms in total. The van der Waals surface area contributed by atoms with Crippen LogP contribution in [0.3, 0.4) is 0 Å². The standard InChI is InChI=1S/C11H16N4O2S/c12-10-5-8(11(13)16)9(6-14-10)15-7-1-3-18(17)4-2-7/h5-7,15H,1-4H2,(H2,12,14)(H2,13,16). The molecule has 1 amide bonds. The highest BCUT2D eigenvalue weighted by molar-refractivity contribution is 7.85. The van der Waals surface area contributed by atoms with E-state index in [1.54, 1.807) is 0 Å². The first-order valence-corrected chi connectivity index (χ1v) is 7.22. The van der Waals surface area contributed by atoms with Crippen molar-refractivity contribution in [2.45, 2.75) is 18.9 Å². The third-order valence-electron chi connectivity index (χ3n) is 2.94. The zero-order valence-electron chi connectivity index (χ0n) is 9.89. The van der Waals surface area contributed by atoms with Gasteiger partial charge in [0.05, 0.1) is 17.4 Å². The zero-order valence-corrected chi connectivity index (χ0v) is 10.7. The van der Waals surface area contributed by atoms with Gasteiger partial charge in [-0.3, -0.25) is 9.00 Å². The number of primary amides is 1. The largest absolute Gasteiger partial charge is 0.384 e. The molecule has 5 N–H and O–H groups in total. The first kappa shape index (κ1) is 12.8. The van der Waals surface area contributed by atoms with Crippen molar-refractivity contribution in [3.8, 4) is 0 Å². The molecule has 0 aromatic carbocycles. The maximum Gasteiger partial charge on any atom is 0.250 e. The number of nitrogens with two attached hydrogens (primary N) is 2. The molecule has 1 aliphatic rings. The van der Waals surface area contributed by atoms with Crippen molar-refractivity contribution in [1.29, 1.82) is 0 Å². The summed E-state index contributed by atoms with van der Waals surface area (Å²) in [7, 11) is -0.704. The fraction of sp³-hybridized carbons (Fsp3) is 0.455. The van der Waals surface area contributed by atoms with E-state index in [9.17, 15) is 9.00 Å². The van der Waals surface area contributed by atoms with Crippen LogP contribution >= 0.6 is 0 Å². The van der Waals surface area contributed by atoms with Crippen LogP contribution in [0.25, 0.3) is 0 Å². The lowest BCUT2D eigenvalue weighted by molar-refractivity contribution is 0.100. The van der Waals surface area contributed by atoms with Crippen LogP contribution < -0.4 is 16.8 Å². The first-order chi connectivity index (χ1) is 8.56. The van der Waals surface area contributed by atoms with Crippen molar-refractivity contribution in [3.63, 3.8) is 0 Å². The van der Waals surface area contributed by atoms with E-state index in [-0.39, 0.29) is 11.9 Å². The van der Waals surface area contributed by atoms with Crippen molar-refractivity contribution in [3.05, 3.63) is 17.8 Å². The van der Waals surface area contributed by atoms with Crippen LogP contribution in [0, 0.1) is 0 Å². The summed E-state index contributed by atoms with van der Waals surface area (Å²) in [6, 6.07) is 1.66. The highest BCUT2D eigenvalue weighted by atomic mass is 32.2. The molecular formula is C11H16N4O2S. The Hall–Kier alpha value is -1.63. The number of amides is 1. The molecule has 0 bridgehead atoms. The van der Waals surface area contributed by atoms with Crippen LogP contribution in [0.4, 0.5) is 11.5 Å². The maximum atomic E-state index is 11.3. The third-order valence-corrected chi connectivity index (χ3v) is 4.32. The van der Waals surface area contributed by atoms with E-state index in [4.69, 9.17) is 11.5 Å². The minimum Gasteiger partial charge on any atom is -0.384 e. The topological polar surface area (TPSA) is 111 Å². The summed E-state index contributed by atoms with van der Waals surface area (Å²) in [5, 5.41) is 3.23. The van der Waals surface area contributed by atoms with Crippen molar-refractivity contribution >= 4 is 28.2 Å². The van der Waals surface area contributed by atoms with Gasteiger partial charge in [0.2, 0.25) is 0 Å². The molecule has 0 radical (unpaired) electrons. The predicted molar refractivity (Wildman–Crippen MR) is 71.7 cm³/mol. The quantitative estimate of drug-likeness (QED) is 0.719. The van der Waals surface area contributed by atoms with Gasteiger partial charge < -0.3 is 16.8 Å². The molecule has 1 aliphatic heterocycles. The second-order valence-electron chi connectivity index (χ2n) is 4.29. The van der Waals surface area contributed by atoms with Gasteiger partial charge in [-0.2, -0.15) is 0 Å². The summed E-state index contributed by atoms with van der Waals surface area (Å²) in [5.41, 5.74) is 11.8. The molecule has 0 spiro atoms. The molecule has 0 saturated carbocycles. The molecule has 18 heavy (non-hydrogen) atoms. The van der Waals surface area contributed by atoms with Crippen LogP contribution in [0.15, 0.2) is 12.3 Å². The molecule has 1 fully saturated rings. The number of anilines is 2. The molecule has 1 aromatic heterocycles. The zero-order chi connectivity index (χ0) is 13.1. The number of nitrogens with one attached hydrogen (secondary N) is 1. The van der Waals surface area contributed by atoms with Crippen molar-refractivity contribution in [2.24, 2.45) is 5.73 Å². The second kappa shape index (κ2) is 5.34. The Balaban J connectivity index is 2.13. The lowest BCUT2D eigenvalue weighted by Gasteiger charge is -2.24. The predicted octanol–water partition coefficient (Wildman–Crippen LogP) is 0.0857. The Kier molecular flexibility index (Phi) is 3.81. The van der Waals surface area contributed by atoms with E-state index in [1.807, 2.05) is 0 Å². The highest BCUT2D eigenvalue weighted by Crippen LogP contribution is 2.20. The third kappa shape index (κ3) is 2.98. The monoisotopic (exact) mass is 268 g/mol. The van der Waals surface area contributed by atoms with Crippen molar-refractivity contribution in [2.75, 3.05) is 22.6 Å². The fourth-order valence-electron chi connectivity index (χ4n) is 1.95. The number of pyridine rings is 1. The van der Waals surface area contributed by atoms with Gasteiger partial charge >= 0.3 is 0 Å². The van der Waals surface area contributed by atoms with E-state index >= 15 is 0 Å². The van der Waals surface area contributed by atoms with Gasteiger partial charge in [0.1, 0.15) is 5.82 Å². The van der Waals surface area contributed by atoms with E-state index in [0.717, 1.165) is 12.8 Å². The van der Waals surface area contributed by atoms with Crippen molar-refractivity contribution in [1.82, 2.24) is 4.98 Å². The van der Waals surface area contributed by atoms with Gasteiger partial charge in [-0.1, -0.05) is 0 Å². The van der Waals surface area contributed by atoms with Crippen LogP contribution in [-0.4, -0.2) is 32.6 Å². The van der Waals surface area contributed by atoms with Gasteiger partial charge in [0.15, 0.2) is 0 Å². The van der Waals surface area contributed by atoms with E-state index in [0.29, 0.717) is 22.8 Å². The number of nitrogens with zero attached hydrogens (tertiary/aromatic N) is 1. The van der Waals surface area contributed by atoms with Gasteiger partial charge in [-0.15, -0.1) is 0 Å².